The lowest BCUT2D eigenvalue weighted by atomic mass is 9.81. The number of benzene rings is 10. The SMILES string of the molecule is Cc1ccccc1-c1ccc(-c2cc(-c3ccc(N(c4ccccc4)c4ccc(-c5cccc6c5oc5ccccc56)cc4)cc3)cc(-c3ccc4c(c3)C(C)(C)c3ccccc3-4)c2)cc1C. The number of hydrogen-bond donors (Lipinski definition) is 0. The van der Waals surface area contributed by atoms with Crippen molar-refractivity contribution in [2.45, 2.75) is 33.1 Å². The maximum Gasteiger partial charge on any atom is 0.143 e. The minimum atomic E-state index is -0.0890. The van der Waals surface area contributed by atoms with E-state index in [1.54, 1.807) is 0 Å². The topological polar surface area (TPSA) is 16.4 Å². The number of furan rings is 1. The Balaban J connectivity index is 0.937. The van der Waals surface area contributed by atoms with Crippen LogP contribution < -0.4 is 4.90 Å². The zero-order chi connectivity index (χ0) is 45.2. The zero-order valence-electron chi connectivity index (χ0n) is 38.2. The van der Waals surface area contributed by atoms with E-state index in [4.69, 9.17) is 4.42 Å². The Kier molecular flexibility index (Phi) is 9.66. The van der Waals surface area contributed by atoms with Gasteiger partial charge in [-0.15, -0.1) is 0 Å². The fourth-order valence-corrected chi connectivity index (χ4v) is 10.6. The summed E-state index contributed by atoms with van der Waals surface area (Å²) in [5.74, 6) is 0. The highest BCUT2D eigenvalue weighted by Gasteiger charge is 2.35. The number of fused-ring (bicyclic) bond motifs is 6. The van der Waals surface area contributed by atoms with Crippen LogP contribution in [0.2, 0.25) is 0 Å². The first-order valence-electron chi connectivity index (χ1n) is 23.3. The predicted octanol–water partition coefficient (Wildman–Crippen LogP) is 18.3. The minimum absolute atomic E-state index is 0.0890. The third kappa shape index (κ3) is 6.96. The van der Waals surface area contributed by atoms with E-state index < -0.39 is 0 Å². The van der Waals surface area contributed by atoms with Gasteiger partial charge in [-0.2, -0.15) is 0 Å². The average Bonchev–Trinajstić information content (AvgIpc) is 3.86. The molecule has 0 amide bonds. The predicted molar refractivity (Wildman–Crippen MR) is 283 cm³/mol. The Hall–Kier alpha value is -8.20. The standard InChI is InChI=1S/C65H49NO/c1-42-15-8-9-18-54(42)55-35-29-46(37-43(55)2)49-38-48(39-50(40-49)47-30-36-58-57-19-10-12-23-61(57)65(3,4)62(58)41-47)44-25-31-52(32-26-44)66(51-16-6-5-7-17-51)53-33-27-45(28-34-53)56-21-14-22-60-59-20-11-13-24-63(59)67-64(56)60/h5-41H,1-4H3. The van der Waals surface area contributed by atoms with Crippen LogP contribution >= 0.6 is 0 Å². The summed E-state index contributed by atoms with van der Waals surface area (Å²) in [6.45, 7) is 9.15. The molecule has 320 valence electrons. The highest BCUT2D eigenvalue weighted by atomic mass is 16.3. The van der Waals surface area contributed by atoms with Crippen LogP contribution in [0.3, 0.4) is 0 Å². The molecule has 0 spiro atoms. The van der Waals surface area contributed by atoms with Crippen molar-refractivity contribution >= 4 is 39.0 Å². The Labute approximate surface area is 393 Å². The van der Waals surface area contributed by atoms with Gasteiger partial charge in [-0.3, -0.25) is 0 Å². The highest BCUT2D eigenvalue weighted by molar-refractivity contribution is 6.09. The van der Waals surface area contributed by atoms with Gasteiger partial charge in [-0.1, -0.05) is 172 Å². The van der Waals surface area contributed by atoms with Crippen LogP contribution in [0, 0.1) is 13.8 Å². The van der Waals surface area contributed by atoms with Crippen molar-refractivity contribution in [3.05, 3.63) is 247 Å². The fourth-order valence-electron chi connectivity index (χ4n) is 10.6. The molecule has 0 aliphatic heterocycles. The van der Waals surface area contributed by atoms with Gasteiger partial charge >= 0.3 is 0 Å². The fraction of sp³-hybridized carbons (Fsp3) is 0.0769. The molecular formula is C65H49NO. The molecule has 0 saturated heterocycles. The number of aryl methyl sites for hydroxylation is 2. The van der Waals surface area contributed by atoms with Gasteiger partial charge < -0.3 is 9.32 Å². The lowest BCUT2D eigenvalue weighted by Gasteiger charge is -2.26. The molecule has 0 unspecified atom stereocenters. The lowest BCUT2D eigenvalue weighted by Crippen LogP contribution is -2.14. The van der Waals surface area contributed by atoms with Crippen LogP contribution in [0.25, 0.3) is 88.7 Å². The van der Waals surface area contributed by atoms with E-state index in [0.717, 1.165) is 55.7 Å². The van der Waals surface area contributed by atoms with E-state index in [1.165, 1.54) is 72.3 Å². The smallest absolute Gasteiger partial charge is 0.143 e. The van der Waals surface area contributed by atoms with Crippen molar-refractivity contribution in [2.24, 2.45) is 0 Å². The first kappa shape index (κ1) is 40.3. The largest absolute Gasteiger partial charge is 0.455 e. The second kappa shape index (κ2) is 16.0. The van der Waals surface area contributed by atoms with E-state index in [2.05, 4.69) is 245 Å². The van der Waals surface area contributed by atoms with Crippen molar-refractivity contribution < 1.29 is 4.42 Å². The number of rotatable bonds is 8. The zero-order valence-corrected chi connectivity index (χ0v) is 38.2. The minimum Gasteiger partial charge on any atom is -0.455 e. The van der Waals surface area contributed by atoms with Gasteiger partial charge in [0.1, 0.15) is 11.2 Å². The number of para-hydroxylation sites is 3. The van der Waals surface area contributed by atoms with Gasteiger partial charge in [0.15, 0.2) is 0 Å². The number of anilines is 3. The molecule has 10 aromatic carbocycles. The summed E-state index contributed by atoms with van der Waals surface area (Å²) in [5.41, 5.74) is 24.9. The van der Waals surface area contributed by atoms with E-state index in [1.807, 2.05) is 12.1 Å². The molecule has 0 N–H and O–H groups in total. The van der Waals surface area contributed by atoms with E-state index in [9.17, 15) is 0 Å². The van der Waals surface area contributed by atoms with Crippen LogP contribution in [0.4, 0.5) is 17.1 Å². The van der Waals surface area contributed by atoms with E-state index in [0.29, 0.717) is 0 Å². The Morgan fingerprint density at radius 2 is 0.836 bits per heavy atom. The van der Waals surface area contributed by atoms with Crippen LogP contribution in [-0.4, -0.2) is 0 Å². The van der Waals surface area contributed by atoms with Crippen LogP contribution in [0.1, 0.15) is 36.1 Å². The van der Waals surface area contributed by atoms with Crippen LogP contribution in [-0.2, 0) is 5.41 Å². The van der Waals surface area contributed by atoms with Gasteiger partial charge in [-0.25, -0.2) is 0 Å². The summed E-state index contributed by atoms with van der Waals surface area (Å²) in [6, 6.07) is 82.0. The molecule has 2 nitrogen and oxygen atoms in total. The molecule has 1 aromatic heterocycles. The second-order valence-electron chi connectivity index (χ2n) is 18.6. The van der Waals surface area contributed by atoms with Crippen molar-refractivity contribution in [3.63, 3.8) is 0 Å². The van der Waals surface area contributed by atoms with Gasteiger partial charge in [0.2, 0.25) is 0 Å². The summed E-state index contributed by atoms with van der Waals surface area (Å²) in [7, 11) is 0. The molecule has 1 aliphatic carbocycles. The molecule has 0 atom stereocenters. The third-order valence-corrected chi connectivity index (χ3v) is 14.2. The lowest BCUT2D eigenvalue weighted by molar-refractivity contribution is 0.660. The summed E-state index contributed by atoms with van der Waals surface area (Å²) >= 11 is 0. The molecule has 12 rings (SSSR count). The maximum absolute atomic E-state index is 6.42. The van der Waals surface area contributed by atoms with E-state index >= 15 is 0 Å². The normalized spacial score (nSPS) is 12.6. The summed E-state index contributed by atoms with van der Waals surface area (Å²) in [6.07, 6.45) is 0. The Bertz CT molecular complexity index is 3670. The number of hydrogen-bond acceptors (Lipinski definition) is 2. The van der Waals surface area contributed by atoms with Gasteiger partial charge in [0.05, 0.1) is 0 Å². The third-order valence-electron chi connectivity index (χ3n) is 14.2. The molecule has 0 saturated carbocycles. The molecule has 1 aliphatic rings. The Morgan fingerprint density at radius 1 is 0.328 bits per heavy atom. The first-order chi connectivity index (χ1) is 32.8. The quantitative estimate of drug-likeness (QED) is 0.151. The second-order valence-corrected chi connectivity index (χ2v) is 18.6. The molecule has 1 heterocycles. The van der Waals surface area contributed by atoms with Crippen molar-refractivity contribution in [2.75, 3.05) is 4.90 Å². The Morgan fingerprint density at radius 3 is 1.55 bits per heavy atom. The highest BCUT2D eigenvalue weighted by Crippen LogP contribution is 2.50. The summed E-state index contributed by atoms with van der Waals surface area (Å²) in [4.78, 5) is 2.33. The van der Waals surface area contributed by atoms with Crippen LogP contribution in [0.15, 0.2) is 229 Å². The molecule has 67 heavy (non-hydrogen) atoms. The van der Waals surface area contributed by atoms with E-state index in [-0.39, 0.29) is 5.41 Å². The van der Waals surface area contributed by atoms with Gasteiger partial charge in [0.25, 0.3) is 0 Å². The molecule has 11 aromatic rings. The van der Waals surface area contributed by atoms with Crippen LogP contribution in [0.5, 0.6) is 0 Å². The van der Waals surface area contributed by atoms with Gasteiger partial charge in [0, 0.05) is 38.8 Å². The summed E-state index contributed by atoms with van der Waals surface area (Å²) < 4.78 is 6.42. The average molecular weight is 860 g/mol. The maximum atomic E-state index is 6.42. The molecule has 2 heteroatoms. The van der Waals surface area contributed by atoms with Crippen molar-refractivity contribution in [3.8, 4) is 66.8 Å². The molecule has 0 fully saturated rings. The first-order valence-corrected chi connectivity index (χ1v) is 23.3. The monoisotopic (exact) mass is 859 g/mol. The van der Waals surface area contributed by atoms with Crippen molar-refractivity contribution in [1.82, 2.24) is 0 Å². The number of nitrogens with zero attached hydrogens (tertiary/aromatic N) is 1. The van der Waals surface area contributed by atoms with Gasteiger partial charge in [-0.05, 0) is 164 Å². The summed E-state index contributed by atoms with van der Waals surface area (Å²) in [5, 5.41) is 2.27. The molecular weight excluding hydrogens is 811 g/mol. The molecule has 0 bridgehead atoms. The molecule has 0 radical (unpaired) electrons. The van der Waals surface area contributed by atoms with Crippen molar-refractivity contribution in [1.29, 1.82) is 0 Å².